The predicted molar refractivity (Wildman–Crippen MR) is 62.0 cm³/mol. The molecule has 0 aromatic heterocycles. The van der Waals surface area contributed by atoms with E-state index in [0.29, 0.717) is 0 Å². The fraction of sp³-hybridized carbons (Fsp3) is 0.571. The van der Waals surface area contributed by atoms with Crippen LogP contribution >= 0.6 is 23.5 Å². The van der Waals surface area contributed by atoms with Gasteiger partial charge in [0.05, 0.1) is 5.75 Å². The molecule has 8 heteroatoms. The Labute approximate surface area is 95.3 Å². The first kappa shape index (κ1) is 12.3. The van der Waals surface area contributed by atoms with E-state index in [1.165, 1.54) is 18.9 Å². The van der Waals surface area contributed by atoms with Gasteiger partial charge in [0.1, 0.15) is 7.11 Å². The zero-order valence-corrected chi connectivity index (χ0v) is 9.89. The van der Waals surface area contributed by atoms with Crippen molar-refractivity contribution in [2.24, 2.45) is 15.9 Å². The lowest BCUT2D eigenvalue weighted by Crippen LogP contribution is -2.41. The summed E-state index contributed by atoms with van der Waals surface area (Å²) in [5, 5.41) is 13.4. The van der Waals surface area contributed by atoms with Crippen LogP contribution in [0.1, 0.15) is 0 Å². The summed E-state index contributed by atoms with van der Waals surface area (Å²) in [5.74, 6) is 0.174. The van der Waals surface area contributed by atoms with Crippen molar-refractivity contribution in [3.63, 3.8) is 0 Å². The molecule has 0 aliphatic carbocycles. The second-order valence-electron chi connectivity index (χ2n) is 2.67. The third-order valence-electron chi connectivity index (χ3n) is 1.66. The molecule has 1 aliphatic heterocycles. The summed E-state index contributed by atoms with van der Waals surface area (Å²) in [5.41, 5.74) is 3.63. The van der Waals surface area contributed by atoms with Gasteiger partial charge in [0.2, 0.25) is 10.8 Å². The van der Waals surface area contributed by atoms with Gasteiger partial charge in [-0.3, -0.25) is 4.79 Å². The Kier molecular flexibility index (Phi) is 4.00. The summed E-state index contributed by atoms with van der Waals surface area (Å²) < 4.78 is 0. The molecular weight excluding hydrogens is 238 g/mol. The fourth-order valence-corrected chi connectivity index (χ4v) is 2.16. The molecule has 1 atom stereocenters. The fourth-order valence-electron chi connectivity index (χ4n) is 1.00. The number of carbonyl (C=O) groups excluding carboxylic acids is 1. The van der Waals surface area contributed by atoms with E-state index in [1.54, 1.807) is 6.26 Å². The molecule has 0 saturated carbocycles. The number of aliphatic imine (C=N–C) groups is 1. The molecule has 1 heterocycles. The number of hydrogen-bond acceptors (Lipinski definition) is 8. The van der Waals surface area contributed by atoms with Gasteiger partial charge >= 0.3 is 0 Å². The zero-order valence-electron chi connectivity index (χ0n) is 8.26. The third kappa shape index (κ3) is 2.64. The number of carbonyl (C=O) groups is 1. The number of rotatable bonds is 3. The summed E-state index contributed by atoms with van der Waals surface area (Å²) in [6.07, 6.45) is 1.59. The van der Waals surface area contributed by atoms with Crippen LogP contribution in [0.5, 0.6) is 0 Å². The lowest BCUT2D eigenvalue weighted by molar-refractivity contribution is -0.106. The minimum atomic E-state index is -1.66. The number of nitrogens with zero attached hydrogens (tertiary/aromatic N) is 2. The van der Waals surface area contributed by atoms with Gasteiger partial charge in [0.25, 0.3) is 0 Å². The molecule has 0 radical (unpaired) electrons. The van der Waals surface area contributed by atoms with Crippen LogP contribution in [0.15, 0.2) is 10.1 Å². The standard InChI is InChI=1S/C7H11N3O3S2/c1-13-10-4(5(11)14-2)7(12)3-15-6(8)9-7/h12H,3H2,1-2H3,(H2,8,9). The van der Waals surface area contributed by atoms with Crippen LogP contribution in [0.4, 0.5) is 0 Å². The lowest BCUT2D eigenvalue weighted by Gasteiger charge is -2.17. The number of oxime groups is 1. The smallest absolute Gasteiger partial charge is 0.241 e. The average Bonchev–Trinajstić information content (AvgIpc) is 2.55. The lowest BCUT2D eigenvalue weighted by atomic mass is 10.1. The molecular formula is C7H11N3O3S2. The summed E-state index contributed by atoms with van der Waals surface area (Å²) in [6.45, 7) is 0. The zero-order chi connectivity index (χ0) is 11.5. The van der Waals surface area contributed by atoms with Crippen molar-refractivity contribution < 1.29 is 14.7 Å². The highest BCUT2D eigenvalue weighted by molar-refractivity contribution is 8.15. The Balaban J connectivity index is 3.00. The molecule has 6 nitrogen and oxygen atoms in total. The van der Waals surface area contributed by atoms with Crippen LogP contribution < -0.4 is 5.73 Å². The highest BCUT2D eigenvalue weighted by atomic mass is 32.2. The molecule has 0 aromatic carbocycles. The molecule has 0 saturated heterocycles. The van der Waals surface area contributed by atoms with Crippen LogP contribution in [-0.4, -0.2) is 45.9 Å². The summed E-state index contributed by atoms with van der Waals surface area (Å²) in [4.78, 5) is 19.8. The molecule has 84 valence electrons. The van der Waals surface area contributed by atoms with E-state index in [2.05, 4.69) is 15.0 Å². The van der Waals surface area contributed by atoms with E-state index >= 15 is 0 Å². The topological polar surface area (TPSA) is 97.3 Å². The molecule has 0 aromatic rings. The van der Waals surface area contributed by atoms with Gasteiger partial charge in [-0.05, 0) is 6.26 Å². The van der Waals surface area contributed by atoms with E-state index in [1.807, 2.05) is 0 Å². The second kappa shape index (κ2) is 4.86. The largest absolute Gasteiger partial charge is 0.399 e. The maximum absolute atomic E-state index is 11.5. The van der Waals surface area contributed by atoms with Crippen LogP contribution in [0, 0.1) is 0 Å². The Bertz CT molecular complexity index is 331. The summed E-state index contributed by atoms with van der Waals surface area (Å²) >= 11 is 2.10. The first-order valence-electron chi connectivity index (χ1n) is 3.94. The molecule has 0 fully saturated rings. The van der Waals surface area contributed by atoms with Crippen molar-refractivity contribution in [1.29, 1.82) is 0 Å². The van der Waals surface area contributed by atoms with Gasteiger partial charge in [-0.25, -0.2) is 4.99 Å². The van der Waals surface area contributed by atoms with E-state index in [4.69, 9.17) is 5.73 Å². The highest BCUT2D eigenvalue weighted by Gasteiger charge is 2.42. The van der Waals surface area contributed by atoms with Gasteiger partial charge < -0.3 is 15.7 Å². The van der Waals surface area contributed by atoms with Crippen LogP contribution in [-0.2, 0) is 9.63 Å². The molecule has 1 rings (SSSR count). The quantitative estimate of drug-likeness (QED) is 0.523. The molecule has 1 unspecified atom stereocenters. The van der Waals surface area contributed by atoms with E-state index in [9.17, 15) is 9.90 Å². The molecule has 1 aliphatic rings. The number of hydrogen-bond donors (Lipinski definition) is 2. The number of amidine groups is 1. The Morgan fingerprint density at radius 2 is 2.53 bits per heavy atom. The van der Waals surface area contributed by atoms with Crippen LogP contribution in [0.2, 0.25) is 0 Å². The van der Waals surface area contributed by atoms with Crippen LogP contribution in [0.3, 0.4) is 0 Å². The summed E-state index contributed by atoms with van der Waals surface area (Å²) in [7, 11) is 1.30. The maximum atomic E-state index is 11.5. The van der Waals surface area contributed by atoms with Crippen LogP contribution in [0.25, 0.3) is 0 Å². The van der Waals surface area contributed by atoms with Crippen molar-refractivity contribution in [2.75, 3.05) is 19.1 Å². The number of thioether (sulfide) groups is 2. The van der Waals surface area contributed by atoms with E-state index < -0.39 is 10.8 Å². The highest BCUT2D eigenvalue weighted by Crippen LogP contribution is 2.26. The predicted octanol–water partition coefficient (Wildman–Crippen LogP) is -0.371. The van der Waals surface area contributed by atoms with Crippen molar-refractivity contribution in [1.82, 2.24) is 0 Å². The Morgan fingerprint density at radius 1 is 1.87 bits per heavy atom. The molecule has 15 heavy (non-hydrogen) atoms. The van der Waals surface area contributed by atoms with E-state index in [0.717, 1.165) is 11.8 Å². The third-order valence-corrected chi connectivity index (χ3v) is 3.16. The first-order valence-corrected chi connectivity index (χ1v) is 6.15. The Hall–Kier alpha value is -0.730. The SMILES string of the molecule is CON=C(C(=O)SC)C1(O)CSC(N)=N1. The number of aliphatic hydroxyl groups is 1. The minimum absolute atomic E-state index is 0.134. The van der Waals surface area contributed by atoms with Crippen molar-refractivity contribution >= 4 is 39.5 Å². The van der Waals surface area contributed by atoms with Crippen molar-refractivity contribution in [2.45, 2.75) is 5.72 Å². The number of nitrogens with two attached hydrogens (primary N) is 1. The van der Waals surface area contributed by atoms with Crippen molar-refractivity contribution in [3.8, 4) is 0 Å². The normalized spacial score (nSPS) is 26.3. The van der Waals surface area contributed by atoms with Gasteiger partial charge in [0, 0.05) is 0 Å². The summed E-state index contributed by atoms with van der Waals surface area (Å²) in [6, 6.07) is 0. The monoisotopic (exact) mass is 249 g/mol. The van der Waals surface area contributed by atoms with E-state index in [-0.39, 0.29) is 16.6 Å². The first-order chi connectivity index (χ1) is 7.03. The van der Waals surface area contributed by atoms with Gasteiger partial charge in [-0.1, -0.05) is 28.7 Å². The van der Waals surface area contributed by atoms with Gasteiger partial charge in [-0.2, -0.15) is 0 Å². The maximum Gasteiger partial charge on any atom is 0.241 e. The van der Waals surface area contributed by atoms with Crippen molar-refractivity contribution in [3.05, 3.63) is 0 Å². The second-order valence-corrected chi connectivity index (χ2v) is 4.44. The minimum Gasteiger partial charge on any atom is -0.399 e. The molecule has 0 spiro atoms. The van der Waals surface area contributed by atoms with Gasteiger partial charge in [0.15, 0.2) is 10.9 Å². The molecule has 0 amide bonds. The Morgan fingerprint density at radius 3 is 2.93 bits per heavy atom. The van der Waals surface area contributed by atoms with Gasteiger partial charge in [-0.15, -0.1) is 0 Å². The molecule has 3 N–H and O–H groups in total. The average molecular weight is 249 g/mol. The molecule has 0 bridgehead atoms.